The van der Waals surface area contributed by atoms with Gasteiger partial charge in [0.25, 0.3) is 0 Å². The first kappa shape index (κ1) is 12.0. The fraction of sp³-hybridized carbons (Fsp3) is 0.417. The lowest BCUT2D eigenvalue weighted by molar-refractivity contribution is 0.0341. The van der Waals surface area contributed by atoms with E-state index in [4.69, 9.17) is 15.9 Å². The van der Waals surface area contributed by atoms with E-state index in [2.05, 4.69) is 4.90 Å². The van der Waals surface area contributed by atoms with Gasteiger partial charge in [0.2, 0.25) is 0 Å². The molecule has 1 aromatic carbocycles. The standard InChI is InChI=1S/C12H16FN3O/c13-11-6-9(5-10(7-11)12(14)15)8-16-1-3-17-4-2-16/h5-7H,1-4,8H2,(H3,14,15). The number of nitrogen functional groups attached to an aromatic ring is 1. The number of benzene rings is 1. The average Bonchev–Trinajstić information content (AvgIpc) is 2.29. The molecule has 0 bridgehead atoms. The number of ether oxygens (including phenoxy) is 1. The Hall–Kier alpha value is -1.46. The normalized spacial score (nSPS) is 17.0. The number of nitrogens with two attached hydrogens (primary N) is 1. The molecule has 5 heteroatoms. The third-order valence-electron chi connectivity index (χ3n) is 2.78. The van der Waals surface area contributed by atoms with Crippen LogP contribution >= 0.6 is 0 Å². The monoisotopic (exact) mass is 237 g/mol. The molecule has 1 saturated heterocycles. The van der Waals surface area contributed by atoms with E-state index in [-0.39, 0.29) is 11.7 Å². The first-order chi connectivity index (χ1) is 8.15. The summed E-state index contributed by atoms with van der Waals surface area (Å²) in [5.74, 6) is -0.450. The molecular weight excluding hydrogens is 221 g/mol. The van der Waals surface area contributed by atoms with Gasteiger partial charge >= 0.3 is 0 Å². The van der Waals surface area contributed by atoms with Gasteiger partial charge in [-0.2, -0.15) is 0 Å². The van der Waals surface area contributed by atoms with Crippen molar-refractivity contribution in [2.75, 3.05) is 26.3 Å². The van der Waals surface area contributed by atoms with Crippen LogP contribution in [0.1, 0.15) is 11.1 Å². The summed E-state index contributed by atoms with van der Waals surface area (Å²) in [6, 6.07) is 4.54. The van der Waals surface area contributed by atoms with Gasteiger partial charge in [-0.1, -0.05) is 0 Å². The van der Waals surface area contributed by atoms with Gasteiger partial charge in [-0.15, -0.1) is 0 Å². The predicted molar refractivity (Wildman–Crippen MR) is 63.5 cm³/mol. The van der Waals surface area contributed by atoms with E-state index in [1.807, 2.05) is 0 Å². The summed E-state index contributed by atoms with van der Waals surface area (Å²) in [6.45, 7) is 3.81. The van der Waals surface area contributed by atoms with Crippen molar-refractivity contribution >= 4 is 5.84 Å². The third kappa shape index (κ3) is 3.25. The number of halogens is 1. The number of amidine groups is 1. The number of nitrogens with one attached hydrogen (secondary N) is 1. The highest BCUT2D eigenvalue weighted by Gasteiger charge is 2.12. The molecule has 0 amide bonds. The van der Waals surface area contributed by atoms with Crippen LogP contribution in [0.4, 0.5) is 4.39 Å². The Morgan fingerprint density at radius 1 is 1.35 bits per heavy atom. The number of hydrogen-bond donors (Lipinski definition) is 2. The summed E-state index contributed by atoms with van der Waals surface area (Å²) < 4.78 is 18.6. The zero-order valence-corrected chi connectivity index (χ0v) is 9.58. The average molecular weight is 237 g/mol. The molecule has 0 unspecified atom stereocenters. The summed E-state index contributed by atoms with van der Waals surface area (Å²) in [6.07, 6.45) is 0. The van der Waals surface area contributed by atoms with Crippen LogP contribution < -0.4 is 5.73 Å². The maximum Gasteiger partial charge on any atom is 0.124 e. The minimum absolute atomic E-state index is 0.104. The lowest BCUT2D eigenvalue weighted by Gasteiger charge is -2.26. The Balaban J connectivity index is 2.11. The molecule has 92 valence electrons. The Morgan fingerprint density at radius 3 is 2.71 bits per heavy atom. The van der Waals surface area contributed by atoms with E-state index in [0.717, 1.165) is 31.9 Å². The maximum absolute atomic E-state index is 13.3. The topological polar surface area (TPSA) is 62.3 Å². The molecule has 1 heterocycles. The van der Waals surface area contributed by atoms with Crippen LogP contribution in [0.15, 0.2) is 18.2 Å². The predicted octanol–water partition coefficient (Wildman–Crippen LogP) is 0.942. The fourth-order valence-electron chi connectivity index (χ4n) is 1.91. The minimum atomic E-state index is -0.346. The minimum Gasteiger partial charge on any atom is -0.384 e. The summed E-state index contributed by atoms with van der Waals surface area (Å²) in [5, 5.41) is 7.33. The van der Waals surface area contributed by atoms with E-state index < -0.39 is 0 Å². The molecule has 0 aliphatic carbocycles. The highest BCUT2D eigenvalue weighted by atomic mass is 19.1. The number of morpholine rings is 1. The van der Waals surface area contributed by atoms with Crippen molar-refractivity contribution in [3.63, 3.8) is 0 Å². The van der Waals surface area contributed by atoms with Crippen LogP contribution in [-0.4, -0.2) is 37.0 Å². The van der Waals surface area contributed by atoms with Gasteiger partial charge in [-0.05, 0) is 23.8 Å². The smallest absolute Gasteiger partial charge is 0.124 e. The van der Waals surface area contributed by atoms with Crippen LogP contribution in [0.3, 0.4) is 0 Å². The van der Waals surface area contributed by atoms with E-state index in [9.17, 15) is 4.39 Å². The Labute approximate surface area is 99.7 Å². The molecule has 1 aliphatic rings. The first-order valence-corrected chi connectivity index (χ1v) is 5.59. The molecule has 2 rings (SSSR count). The molecule has 4 nitrogen and oxygen atoms in total. The number of hydrogen-bond acceptors (Lipinski definition) is 3. The van der Waals surface area contributed by atoms with Gasteiger partial charge in [-0.25, -0.2) is 4.39 Å². The molecule has 3 N–H and O–H groups in total. The second-order valence-electron chi connectivity index (χ2n) is 4.15. The fourth-order valence-corrected chi connectivity index (χ4v) is 1.91. The molecule has 1 fully saturated rings. The lowest BCUT2D eigenvalue weighted by atomic mass is 10.1. The molecule has 0 saturated carbocycles. The zero-order valence-electron chi connectivity index (χ0n) is 9.58. The van der Waals surface area contributed by atoms with Crippen molar-refractivity contribution < 1.29 is 9.13 Å². The zero-order chi connectivity index (χ0) is 12.3. The molecule has 1 aromatic rings. The van der Waals surface area contributed by atoms with E-state index in [1.54, 1.807) is 6.07 Å². The third-order valence-corrected chi connectivity index (χ3v) is 2.78. The second kappa shape index (κ2) is 5.25. The van der Waals surface area contributed by atoms with Crippen molar-refractivity contribution in [2.45, 2.75) is 6.54 Å². The van der Waals surface area contributed by atoms with E-state index in [0.29, 0.717) is 12.1 Å². The summed E-state index contributed by atoms with van der Waals surface area (Å²) in [5.41, 5.74) is 6.65. The van der Waals surface area contributed by atoms with Gasteiger partial charge in [0.15, 0.2) is 0 Å². The Morgan fingerprint density at radius 2 is 2.06 bits per heavy atom. The van der Waals surface area contributed by atoms with Crippen molar-refractivity contribution in [1.82, 2.24) is 4.90 Å². The molecule has 0 atom stereocenters. The SMILES string of the molecule is N=C(N)c1cc(F)cc(CN2CCOCC2)c1. The second-order valence-corrected chi connectivity index (χ2v) is 4.15. The number of rotatable bonds is 3. The Kier molecular flexibility index (Phi) is 3.71. The molecule has 0 spiro atoms. The van der Waals surface area contributed by atoms with Gasteiger partial charge in [0, 0.05) is 25.2 Å². The Bertz CT molecular complexity index is 416. The van der Waals surface area contributed by atoms with Crippen LogP contribution in [-0.2, 0) is 11.3 Å². The van der Waals surface area contributed by atoms with Crippen LogP contribution in [0.5, 0.6) is 0 Å². The van der Waals surface area contributed by atoms with Gasteiger partial charge in [0.1, 0.15) is 11.7 Å². The van der Waals surface area contributed by atoms with Gasteiger partial charge in [-0.3, -0.25) is 10.3 Å². The van der Waals surface area contributed by atoms with Crippen molar-refractivity contribution in [1.29, 1.82) is 5.41 Å². The van der Waals surface area contributed by atoms with E-state index >= 15 is 0 Å². The molecule has 0 aromatic heterocycles. The highest BCUT2D eigenvalue weighted by Crippen LogP contribution is 2.12. The van der Waals surface area contributed by atoms with Gasteiger partial charge in [0.05, 0.1) is 13.2 Å². The van der Waals surface area contributed by atoms with Crippen LogP contribution in [0.25, 0.3) is 0 Å². The molecule has 0 radical (unpaired) electrons. The van der Waals surface area contributed by atoms with Crippen molar-refractivity contribution in [3.8, 4) is 0 Å². The van der Waals surface area contributed by atoms with Crippen LogP contribution in [0.2, 0.25) is 0 Å². The summed E-state index contributed by atoms with van der Waals surface area (Å²) >= 11 is 0. The lowest BCUT2D eigenvalue weighted by Crippen LogP contribution is -2.35. The molecular formula is C12H16FN3O. The first-order valence-electron chi connectivity index (χ1n) is 5.59. The van der Waals surface area contributed by atoms with Crippen LogP contribution in [0, 0.1) is 11.2 Å². The van der Waals surface area contributed by atoms with Crippen molar-refractivity contribution in [3.05, 3.63) is 35.1 Å². The highest BCUT2D eigenvalue weighted by molar-refractivity contribution is 5.95. The summed E-state index contributed by atoms with van der Waals surface area (Å²) in [4.78, 5) is 2.20. The number of nitrogens with zero attached hydrogens (tertiary/aromatic N) is 1. The van der Waals surface area contributed by atoms with Crippen molar-refractivity contribution in [2.24, 2.45) is 5.73 Å². The largest absolute Gasteiger partial charge is 0.384 e. The molecule has 1 aliphatic heterocycles. The van der Waals surface area contributed by atoms with E-state index in [1.165, 1.54) is 12.1 Å². The maximum atomic E-state index is 13.3. The summed E-state index contributed by atoms with van der Waals surface area (Å²) in [7, 11) is 0. The van der Waals surface area contributed by atoms with Gasteiger partial charge < -0.3 is 10.5 Å². The molecule has 17 heavy (non-hydrogen) atoms. The quantitative estimate of drug-likeness (QED) is 0.607.